The van der Waals surface area contributed by atoms with Crippen LogP contribution in [0.3, 0.4) is 0 Å². The Morgan fingerprint density at radius 2 is 1.88 bits per heavy atom. The fourth-order valence-electron chi connectivity index (χ4n) is 2.72. The number of nitrogens with zero attached hydrogens (tertiary/aromatic N) is 2. The predicted molar refractivity (Wildman–Crippen MR) is 89.6 cm³/mol. The van der Waals surface area contributed by atoms with Crippen LogP contribution in [0.5, 0.6) is 0 Å². The van der Waals surface area contributed by atoms with Crippen LogP contribution in [-0.2, 0) is 4.79 Å². The van der Waals surface area contributed by atoms with Gasteiger partial charge in [0.05, 0.1) is 0 Å². The largest absolute Gasteiger partial charge is 0.360 e. The molecule has 24 heavy (non-hydrogen) atoms. The van der Waals surface area contributed by atoms with Crippen LogP contribution in [0.25, 0.3) is 0 Å². The Kier molecular flexibility index (Phi) is 4.79. The number of aryl methyl sites for hydroxylation is 1. The average Bonchev–Trinajstić information content (AvgIpc) is 3.00. The van der Waals surface area contributed by atoms with Gasteiger partial charge in [-0.2, -0.15) is 0 Å². The molecule has 1 aliphatic rings. The van der Waals surface area contributed by atoms with E-state index in [1.165, 1.54) is 0 Å². The van der Waals surface area contributed by atoms with Gasteiger partial charge in [0.1, 0.15) is 5.76 Å². The number of amides is 3. The Hall–Kier alpha value is -2.83. The summed E-state index contributed by atoms with van der Waals surface area (Å²) >= 11 is 0. The molecule has 0 saturated carbocycles. The van der Waals surface area contributed by atoms with Gasteiger partial charge in [-0.15, -0.1) is 0 Å². The number of aromatic nitrogens is 1. The van der Waals surface area contributed by atoms with Crippen LogP contribution in [0.2, 0.25) is 0 Å². The van der Waals surface area contributed by atoms with Crippen LogP contribution in [0.4, 0.5) is 16.3 Å². The van der Waals surface area contributed by atoms with E-state index in [0.717, 1.165) is 5.69 Å². The van der Waals surface area contributed by atoms with Gasteiger partial charge in [0.25, 0.3) is 0 Å². The molecule has 1 aromatic carbocycles. The van der Waals surface area contributed by atoms with E-state index in [9.17, 15) is 9.59 Å². The molecule has 0 bridgehead atoms. The molecule has 2 heterocycles. The molecule has 7 nitrogen and oxygen atoms in total. The third kappa shape index (κ3) is 3.92. The molecular weight excluding hydrogens is 308 g/mol. The first kappa shape index (κ1) is 16.0. The van der Waals surface area contributed by atoms with Crippen molar-refractivity contribution in [3.05, 3.63) is 42.2 Å². The number of rotatable bonds is 3. The lowest BCUT2D eigenvalue weighted by atomic mass is 9.96. The average molecular weight is 328 g/mol. The van der Waals surface area contributed by atoms with E-state index in [-0.39, 0.29) is 17.9 Å². The smallest absolute Gasteiger partial charge is 0.321 e. The Bertz CT molecular complexity index is 706. The van der Waals surface area contributed by atoms with Crippen LogP contribution in [0.15, 0.2) is 40.9 Å². The third-order valence-electron chi connectivity index (χ3n) is 4.06. The summed E-state index contributed by atoms with van der Waals surface area (Å²) in [5, 5.41) is 9.37. The lowest BCUT2D eigenvalue weighted by Crippen LogP contribution is -2.43. The maximum absolute atomic E-state index is 12.2. The summed E-state index contributed by atoms with van der Waals surface area (Å²) in [6.07, 6.45) is 1.26. The predicted octanol–water partition coefficient (Wildman–Crippen LogP) is 2.87. The van der Waals surface area contributed by atoms with E-state index in [1.54, 1.807) is 17.9 Å². The van der Waals surface area contributed by atoms with Crippen molar-refractivity contribution >= 4 is 23.4 Å². The number of benzene rings is 1. The molecule has 3 amide bonds. The van der Waals surface area contributed by atoms with Crippen LogP contribution in [0, 0.1) is 12.8 Å². The van der Waals surface area contributed by atoms with Gasteiger partial charge < -0.3 is 20.1 Å². The second-order valence-corrected chi connectivity index (χ2v) is 5.87. The van der Waals surface area contributed by atoms with E-state index in [2.05, 4.69) is 15.8 Å². The minimum absolute atomic E-state index is 0.0774. The minimum Gasteiger partial charge on any atom is -0.360 e. The first-order valence-corrected chi connectivity index (χ1v) is 7.97. The maximum atomic E-state index is 12.2. The lowest BCUT2D eigenvalue weighted by Gasteiger charge is -2.31. The fourth-order valence-corrected chi connectivity index (χ4v) is 2.72. The molecule has 3 rings (SSSR count). The molecule has 0 aliphatic carbocycles. The first-order chi connectivity index (χ1) is 11.6. The van der Waals surface area contributed by atoms with Crippen molar-refractivity contribution in [3.8, 4) is 0 Å². The number of hydrogen-bond donors (Lipinski definition) is 2. The highest BCUT2D eigenvalue weighted by Crippen LogP contribution is 2.20. The fraction of sp³-hybridized carbons (Fsp3) is 0.353. The molecule has 1 fully saturated rings. The molecule has 7 heteroatoms. The summed E-state index contributed by atoms with van der Waals surface area (Å²) in [5.41, 5.74) is 0.767. The van der Waals surface area contributed by atoms with Crippen LogP contribution in [0.1, 0.15) is 18.6 Å². The molecule has 1 saturated heterocycles. The molecular formula is C17H20N4O3. The topological polar surface area (TPSA) is 87.5 Å². The molecule has 0 radical (unpaired) electrons. The number of carbonyl (C=O) groups excluding carboxylic acids is 2. The highest BCUT2D eigenvalue weighted by Gasteiger charge is 2.27. The highest BCUT2D eigenvalue weighted by molar-refractivity contribution is 5.92. The molecule has 2 aromatic rings. The summed E-state index contributed by atoms with van der Waals surface area (Å²) in [7, 11) is 0. The van der Waals surface area contributed by atoms with Crippen molar-refractivity contribution < 1.29 is 14.1 Å². The Balaban J connectivity index is 1.48. The first-order valence-electron chi connectivity index (χ1n) is 7.97. The van der Waals surface area contributed by atoms with E-state index in [1.807, 2.05) is 30.3 Å². The number of nitrogens with one attached hydrogen (secondary N) is 2. The normalized spacial score (nSPS) is 15.1. The summed E-state index contributed by atoms with van der Waals surface area (Å²) in [6.45, 7) is 2.87. The van der Waals surface area contributed by atoms with Gasteiger partial charge in [-0.25, -0.2) is 4.79 Å². The summed E-state index contributed by atoms with van der Waals surface area (Å²) in [4.78, 5) is 26.2. The Morgan fingerprint density at radius 3 is 2.50 bits per heavy atom. The zero-order valence-electron chi connectivity index (χ0n) is 13.5. The number of carbonyl (C=O) groups is 2. The van der Waals surface area contributed by atoms with Crippen molar-refractivity contribution in [2.75, 3.05) is 23.7 Å². The van der Waals surface area contributed by atoms with E-state index >= 15 is 0 Å². The van der Waals surface area contributed by atoms with E-state index < -0.39 is 0 Å². The Labute approximate surface area is 140 Å². The number of piperidine rings is 1. The van der Waals surface area contributed by atoms with Crippen LogP contribution >= 0.6 is 0 Å². The zero-order chi connectivity index (χ0) is 16.9. The molecule has 126 valence electrons. The molecule has 2 N–H and O–H groups in total. The van der Waals surface area contributed by atoms with Crippen molar-refractivity contribution in [3.63, 3.8) is 0 Å². The summed E-state index contributed by atoms with van der Waals surface area (Å²) < 4.78 is 4.93. The lowest BCUT2D eigenvalue weighted by molar-refractivity contribution is -0.121. The number of urea groups is 1. The van der Waals surface area contributed by atoms with Crippen LogP contribution in [-0.4, -0.2) is 35.1 Å². The third-order valence-corrected chi connectivity index (χ3v) is 4.06. The molecule has 1 aromatic heterocycles. The molecule has 0 atom stereocenters. The standard InChI is InChI=1S/C17H20N4O3/c1-12-11-15(20-24-12)19-16(22)13-7-9-21(10-8-13)17(23)18-14-5-3-2-4-6-14/h2-6,11,13H,7-10H2,1H3,(H,18,23)(H,19,20,22). The van der Waals surface area contributed by atoms with Crippen molar-refractivity contribution in [1.82, 2.24) is 10.1 Å². The quantitative estimate of drug-likeness (QED) is 0.907. The second-order valence-electron chi connectivity index (χ2n) is 5.87. The van der Waals surface area contributed by atoms with Crippen LogP contribution < -0.4 is 10.6 Å². The van der Waals surface area contributed by atoms with Gasteiger partial charge in [-0.1, -0.05) is 23.4 Å². The van der Waals surface area contributed by atoms with Crippen molar-refractivity contribution in [2.24, 2.45) is 5.92 Å². The van der Waals surface area contributed by atoms with E-state index in [0.29, 0.717) is 37.5 Å². The zero-order valence-corrected chi connectivity index (χ0v) is 13.5. The number of likely N-dealkylation sites (tertiary alicyclic amines) is 1. The molecule has 0 unspecified atom stereocenters. The highest BCUT2D eigenvalue weighted by atomic mass is 16.5. The van der Waals surface area contributed by atoms with Gasteiger partial charge in [0, 0.05) is 30.8 Å². The van der Waals surface area contributed by atoms with E-state index in [4.69, 9.17) is 4.52 Å². The van der Waals surface area contributed by atoms with Gasteiger partial charge >= 0.3 is 6.03 Å². The van der Waals surface area contributed by atoms with Gasteiger partial charge in [-0.3, -0.25) is 4.79 Å². The molecule has 0 spiro atoms. The monoisotopic (exact) mass is 328 g/mol. The Morgan fingerprint density at radius 1 is 1.17 bits per heavy atom. The van der Waals surface area contributed by atoms with Gasteiger partial charge in [0.2, 0.25) is 5.91 Å². The van der Waals surface area contributed by atoms with Crippen molar-refractivity contribution in [1.29, 1.82) is 0 Å². The van der Waals surface area contributed by atoms with Crippen molar-refractivity contribution in [2.45, 2.75) is 19.8 Å². The summed E-state index contributed by atoms with van der Waals surface area (Å²) in [5.74, 6) is 0.883. The van der Waals surface area contributed by atoms with Gasteiger partial charge in [0.15, 0.2) is 5.82 Å². The number of para-hydroxylation sites is 1. The SMILES string of the molecule is Cc1cc(NC(=O)C2CCN(C(=O)Nc3ccccc3)CC2)no1. The van der Waals surface area contributed by atoms with Gasteiger partial charge in [-0.05, 0) is 31.9 Å². The maximum Gasteiger partial charge on any atom is 0.321 e. The second kappa shape index (κ2) is 7.16. The number of hydrogen-bond acceptors (Lipinski definition) is 4. The number of anilines is 2. The minimum atomic E-state index is -0.132. The summed E-state index contributed by atoms with van der Waals surface area (Å²) in [6, 6.07) is 10.9. The molecule has 1 aliphatic heterocycles.